The molecule has 0 aliphatic carbocycles. The number of carbonyl (C=O) groups is 1. The summed E-state index contributed by atoms with van der Waals surface area (Å²) in [6.45, 7) is 3.71. The van der Waals surface area contributed by atoms with E-state index in [0.717, 1.165) is 17.2 Å². The van der Waals surface area contributed by atoms with Gasteiger partial charge in [0.05, 0.1) is 16.7 Å². The maximum atomic E-state index is 12.5. The van der Waals surface area contributed by atoms with E-state index in [-0.39, 0.29) is 27.3 Å². The molecule has 3 rings (SSSR count). The molecule has 0 unspecified atom stereocenters. The number of anilines is 1. The highest BCUT2D eigenvalue weighted by atomic mass is 79.9. The number of aromatic amines is 1. The van der Waals surface area contributed by atoms with Crippen LogP contribution in [0.2, 0.25) is 0 Å². The van der Waals surface area contributed by atoms with Gasteiger partial charge in [0.25, 0.3) is 11.6 Å². The number of carbonyl (C=O) groups excluding carboxylic acids is 1. The molecule has 1 heterocycles. The zero-order valence-corrected chi connectivity index (χ0v) is 17.2. The molecular weight excluding hydrogens is 462 g/mol. The highest BCUT2D eigenvalue weighted by Crippen LogP contribution is 2.32. The van der Waals surface area contributed by atoms with Crippen molar-refractivity contribution in [2.45, 2.75) is 13.8 Å². The Labute approximate surface area is 177 Å². The van der Waals surface area contributed by atoms with Crippen molar-refractivity contribution in [2.75, 3.05) is 5.32 Å². The van der Waals surface area contributed by atoms with E-state index >= 15 is 0 Å². The highest BCUT2D eigenvalue weighted by Gasteiger charge is 2.25. The summed E-state index contributed by atoms with van der Waals surface area (Å²) < 4.78 is 5.66. The lowest BCUT2D eigenvalue weighted by Crippen LogP contribution is -2.13. The number of aryl methyl sites for hydroxylation is 2. The van der Waals surface area contributed by atoms with Gasteiger partial charge in [0, 0.05) is 12.1 Å². The standard InChI is InChI=1S/C18H14BrN5O6/c1-9-3-4-10(2)14(5-9)30-13-7-11(6-12(8-13)23(26)27)20-18(25)16-15(19)17(22-21-16)24(28)29/h3-8H,1-2H3,(H,20,25)(H,21,22). The van der Waals surface area contributed by atoms with Gasteiger partial charge >= 0.3 is 5.82 Å². The van der Waals surface area contributed by atoms with Crippen LogP contribution >= 0.6 is 15.9 Å². The van der Waals surface area contributed by atoms with Crippen LogP contribution in [0, 0.1) is 34.1 Å². The average Bonchev–Trinajstić information content (AvgIpc) is 3.06. The summed E-state index contributed by atoms with van der Waals surface area (Å²) >= 11 is 2.95. The minimum absolute atomic E-state index is 0.0621. The normalized spacial score (nSPS) is 10.5. The first kappa shape index (κ1) is 20.9. The van der Waals surface area contributed by atoms with Crippen molar-refractivity contribution in [3.05, 3.63) is 77.9 Å². The molecule has 154 valence electrons. The minimum Gasteiger partial charge on any atom is -0.457 e. The van der Waals surface area contributed by atoms with Gasteiger partial charge in [-0.05, 0) is 51.9 Å². The largest absolute Gasteiger partial charge is 0.457 e. The van der Waals surface area contributed by atoms with E-state index < -0.39 is 21.6 Å². The number of amides is 1. The molecule has 0 saturated heterocycles. The van der Waals surface area contributed by atoms with Crippen LogP contribution in [0.25, 0.3) is 0 Å². The number of nitro groups is 2. The maximum Gasteiger partial charge on any atom is 0.357 e. The number of nitrogens with one attached hydrogen (secondary N) is 2. The van der Waals surface area contributed by atoms with Crippen molar-refractivity contribution in [3.8, 4) is 11.5 Å². The third kappa shape index (κ3) is 4.43. The molecular formula is C18H14BrN5O6. The molecule has 2 N–H and O–H groups in total. The van der Waals surface area contributed by atoms with Gasteiger partial charge in [0.1, 0.15) is 16.0 Å². The van der Waals surface area contributed by atoms with Gasteiger partial charge in [-0.15, -0.1) is 5.10 Å². The molecule has 3 aromatic rings. The predicted molar refractivity (Wildman–Crippen MR) is 110 cm³/mol. The summed E-state index contributed by atoms with van der Waals surface area (Å²) in [7, 11) is 0. The molecule has 0 spiro atoms. The van der Waals surface area contributed by atoms with E-state index in [9.17, 15) is 25.0 Å². The van der Waals surface area contributed by atoms with Crippen molar-refractivity contribution in [1.29, 1.82) is 0 Å². The van der Waals surface area contributed by atoms with Gasteiger partial charge in [-0.25, -0.2) is 0 Å². The van der Waals surface area contributed by atoms with Crippen molar-refractivity contribution < 1.29 is 19.4 Å². The topological polar surface area (TPSA) is 153 Å². The monoisotopic (exact) mass is 475 g/mol. The third-order valence-corrected chi connectivity index (χ3v) is 4.77. The van der Waals surface area contributed by atoms with Gasteiger partial charge in [0.15, 0.2) is 5.69 Å². The molecule has 2 aromatic carbocycles. The van der Waals surface area contributed by atoms with Gasteiger partial charge < -0.3 is 20.2 Å². The Kier molecular flexibility index (Phi) is 5.78. The first-order valence-electron chi connectivity index (χ1n) is 8.40. The first-order valence-corrected chi connectivity index (χ1v) is 9.19. The van der Waals surface area contributed by atoms with Crippen LogP contribution < -0.4 is 10.1 Å². The number of non-ortho nitro benzene ring substituents is 1. The lowest BCUT2D eigenvalue weighted by Gasteiger charge is -2.11. The van der Waals surface area contributed by atoms with Crippen molar-refractivity contribution in [2.24, 2.45) is 0 Å². The number of aromatic nitrogens is 2. The Hall–Kier alpha value is -3.80. The first-order chi connectivity index (χ1) is 14.2. The summed E-state index contributed by atoms with van der Waals surface area (Å²) in [5, 5.41) is 30.4. The summed E-state index contributed by atoms with van der Waals surface area (Å²) in [6, 6.07) is 9.32. The Morgan fingerprint density at radius 3 is 2.50 bits per heavy atom. The second-order valence-electron chi connectivity index (χ2n) is 6.29. The lowest BCUT2D eigenvalue weighted by molar-refractivity contribution is -0.390. The fourth-order valence-electron chi connectivity index (χ4n) is 2.54. The van der Waals surface area contributed by atoms with E-state index in [4.69, 9.17) is 4.74 Å². The molecule has 0 atom stereocenters. The van der Waals surface area contributed by atoms with Crippen LogP contribution in [0.5, 0.6) is 11.5 Å². The van der Waals surface area contributed by atoms with Crippen LogP contribution in [0.3, 0.4) is 0 Å². The second kappa shape index (κ2) is 8.29. The predicted octanol–water partition coefficient (Wildman–Crippen LogP) is 4.65. The third-order valence-electron chi connectivity index (χ3n) is 4.02. The van der Waals surface area contributed by atoms with Gasteiger partial charge in [-0.3, -0.25) is 14.9 Å². The summed E-state index contributed by atoms with van der Waals surface area (Å²) in [4.78, 5) is 33.3. The second-order valence-corrected chi connectivity index (χ2v) is 7.08. The average molecular weight is 476 g/mol. The quantitative estimate of drug-likeness (QED) is 0.388. The number of hydrogen-bond donors (Lipinski definition) is 2. The molecule has 0 saturated carbocycles. The molecule has 1 amide bonds. The fourth-order valence-corrected chi connectivity index (χ4v) is 3.05. The van der Waals surface area contributed by atoms with Crippen LogP contribution in [-0.2, 0) is 0 Å². The summed E-state index contributed by atoms with van der Waals surface area (Å²) in [5.74, 6) is -0.638. The van der Waals surface area contributed by atoms with Gasteiger partial charge in [-0.2, -0.15) is 0 Å². The molecule has 0 fully saturated rings. The van der Waals surface area contributed by atoms with Crippen LogP contribution in [0.15, 0.2) is 40.9 Å². The van der Waals surface area contributed by atoms with E-state index in [2.05, 4.69) is 31.4 Å². The maximum absolute atomic E-state index is 12.5. The van der Waals surface area contributed by atoms with E-state index in [1.54, 1.807) is 6.07 Å². The zero-order chi connectivity index (χ0) is 22.0. The number of benzene rings is 2. The lowest BCUT2D eigenvalue weighted by atomic mass is 10.1. The Morgan fingerprint density at radius 1 is 1.13 bits per heavy atom. The van der Waals surface area contributed by atoms with Gasteiger partial charge in [-0.1, -0.05) is 17.2 Å². The Balaban J connectivity index is 1.93. The summed E-state index contributed by atoms with van der Waals surface area (Å²) in [6.07, 6.45) is 0. The fraction of sp³-hybridized carbons (Fsp3) is 0.111. The number of nitro benzene ring substituents is 1. The molecule has 11 nitrogen and oxygen atoms in total. The van der Waals surface area contributed by atoms with Crippen LogP contribution in [-0.4, -0.2) is 26.0 Å². The van der Waals surface area contributed by atoms with E-state index in [1.807, 2.05) is 26.0 Å². The zero-order valence-electron chi connectivity index (χ0n) is 15.6. The number of H-pyrrole nitrogens is 1. The molecule has 1 aromatic heterocycles. The SMILES string of the molecule is Cc1ccc(C)c(Oc2cc(NC(=O)c3n[nH]c([N+](=O)[O-])c3Br)cc([N+](=O)[O-])c2)c1. The van der Waals surface area contributed by atoms with E-state index in [0.29, 0.717) is 5.75 Å². The van der Waals surface area contributed by atoms with Crippen molar-refractivity contribution in [3.63, 3.8) is 0 Å². The highest BCUT2D eigenvalue weighted by molar-refractivity contribution is 9.10. The Morgan fingerprint density at radius 2 is 1.87 bits per heavy atom. The molecule has 12 heteroatoms. The molecule has 0 radical (unpaired) electrons. The number of hydrogen-bond acceptors (Lipinski definition) is 7. The van der Waals surface area contributed by atoms with Crippen LogP contribution in [0.1, 0.15) is 21.6 Å². The van der Waals surface area contributed by atoms with Crippen LogP contribution in [0.4, 0.5) is 17.2 Å². The molecule has 0 aliphatic rings. The number of halogens is 1. The number of nitrogens with zero attached hydrogens (tertiary/aromatic N) is 3. The van der Waals surface area contributed by atoms with Crippen molar-refractivity contribution >= 4 is 39.0 Å². The Bertz CT molecular complexity index is 1180. The minimum atomic E-state index is -0.801. The molecule has 0 bridgehead atoms. The number of ether oxygens (including phenoxy) is 1. The molecule has 30 heavy (non-hydrogen) atoms. The van der Waals surface area contributed by atoms with Crippen molar-refractivity contribution in [1.82, 2.24) is 10.2 Å². The van der Waals surface area contributed by atoms with Gasteiger partial charge in [0.2, 0.25) is 0 Å². The summed E-state index contributed by atoms with van der Waals surface area (Å²) in [5.41, 5.74) is 1.25. The van der Waals surface area contributed by atoms with E-state index in [1.165, 1.54) is 12.1 Å². The number of rotatable bonds is 6. The molecule has 0 aliphatic heterocycles. The smallest absolute Gasteiger partial charge is 0.357 e.